The molecule has 4 heteroatoms. The van der Waals surface area contributed by atoms with Gasteiger partial charge in [0.2, 0.25) is 0 Å². The zero-order valence-corrected chi connectivity index (χ0v) is 9.90. The fourth-order valence-electron chi connectivity index (χ4n) is 1.57. The monoisotopic (exact) mass is 229 g/mol. The van der Waals surface area contributed by atoms with Crippen LogP contribution in [0.4, 0.5) is 0 Å². The summed E-state index contributed by atoms with van der Waals surface area (Å²) < 4.78 is 0. The molecule has 17 heavy (non-hydrogen) atoms. The van der Waals surface area contributed by atoms with Gasteiger partial charge < -0.3 is 10.3 Å². The molecule has 2 N–H and O–H groups in total. The number of nitrogens with one attached hydrogen (secondary N) is 2. The van der Waals surface area contributed by atoms with Gasteiger partial charge >= 0.3 is 0 Å². The van der Waals surface area contributed by atoms with Crippen LogP contribution in [0, 0.1) is 6.92 Å². The summed E-state index contributed by atoms with van der Waals surface area (Å²) in [6, 6.07) is 7.36. The highest BCUT2D eigenvalue weighted by molar-refractivity contribution is 5.94. The van der Waals surface area contributed by atoms with Crippen LogP contribution in [-0.4, -0.2) is 15.9 Å². The minimum atomic E-state index is -0.126. The highest BCUT2D eigenvalue weighted by Crippen LogP contribution is 2.08. The highest BCUT2D eigenvalue weighted by Gasteiger charge is 2.12. The van der Waals surface area contributed by atoms with Crippen LogP contribution in [0.25, 0.3) is 0 Å². The number of hydrogen-bond donors (Lipinski definition) is 2. The van der Waals surface area contributed by atoms with Crippen molar-refractivity contribution in [3.8, 4) is 0 Å². The first-order chi connectivity index (χ1) is 8.16. The molecular weight excluding hydrogens is 214 g/mol. The minimum Gasteiger partial charge on any atom is -0.347 e. The lowest BCUT2D eigenvalue weighted by Gasteiger charge is -2.11. The van der Waals surface area contributed by atoms with Gasteiger partial charge in [0.1, 0.15) is 5.82 Å². The van der Waals surface area contributed by atoms with Crippen molar-refractivity contribution >= 4 is 5.91 Å². The number of aryl methyl sites for hydroxylation is 1. The Labute approximate surface area is 100 Å². The van der Waals surface area contributed by atoms with Gasteiger partial charge in [-0.05, 0) is 26.0 Å². The summed E-state index contributed by atoms with van der Waals surface area (Å²) in [5, 5.41) is 2.89. The van der Waals surface area contributed by atoms with Gasteiger partial charge in [-0.1, -0.05) is 17.7 Å². The van der Waals surface area contributed by atoms with E-state index in [4.69, 9.17) is 0 Å². The molecule has 4 nitrogen and oxygen atoms in total. The first-order valence-corrected chi connectivity index (χ1v) is 5.53. The Balaban J connectivity index is 2.04. The zero-order valence-electron chi connectivity index (χ0n) is 9.90. The molecule has 1 amide bonds. The predicted octanol–water partition coefficient (Wildman–Crippen LogP) is 2.21. The van der Waals surface area contributed by atoms with Crippen LogP contribution in [0.1, 0.15) is 34.7 Å². The molecule has 0 spiro atoms. The molecule has 1 heterocycles. The number of nitrogens with zero attached hydrogens (tertiary/aromatic N) is 1. The molecule has 0 aliphatic carbocycles. The Bertz CT molecular complexity index is 488. The normalized spacial score (nSPS) is 12.1. The summed E-state index contributed by atoms with van der Waals surface area (Å²) in [5.74, 6) is 0.666. The smallest absolute Gasteiger partial charge is 0.251 e. The highest BCUT2D eigenvalue weighted by atomic mass is 16.1. The fourth-order valence-corrected chi connectivity index (χ4v) is 1.57. The number of imidazole rings is 1. The standard InChI is InChI=1S/C13H15N3O/c1-9-3-5-11(6-4-9)13(17)16-10(2)12-14-7-8-15-12/h3-8,10H,1-2H3,(H,14,15)(H,16,17). The molecule has 2 aromatic rings. The van der Waals surface area contributed by atoms with Crippen molar-refractivity contribution in [2.24, 2.45) is 0 Å². The van der Waals surface area contributed by atoms with Gasteiger partial charge in [-0.25, -0.2) is 4.98 Å². The first-order valence-electron chi connectivity index (χ1n) is 5.53. The number of carbonyl (C=O) groups excluding carboxylic acids is 1. The number of amides is 1. The SMILES string of the molecule is Cc1ccc(C(=O)NC(C)c2ncc[nH]2)cc1. The van der Waals surface area contributed by atoms with E-state index in [-0.39, 0.29) is 11.9 Å². The summed E-state index contributed by atoms with van der Waals surface area (Å²) in [5.41, 5.74) is 1.80. The molecule has 2 rings (SSSR count). The summed E-state index contributed by atoms with van der Waals surface area (Å²) >= 11 is 0. The second-order valence-electron chi connectivity index (χ2n) is 4.04. The van der Waals surface area contributed by atoms with E-state index < -0.39 is 0 Å². The molecule has 0 saturated heterocycles. The van der Waals surface area contributed by atoms with Crippen molar-refractivity contribution in [1.82, 2.24) is 15.3 Å². The largest absolute Gasteiger partial charge is 0.347 e. The van der Waals surface area contributed by atoms with Crippen LogP contribution in [0.5, 0.6) is 0 Å². The number of aromatic nitrogens is 2. The van der Waals surface area contributed by atoms with Gasteiger partial charge in [0, 0.05) is 18.0 Å². The summed E-state index contributed by atoms with van der Waals surface area (Å²) in [6.45, 7) is 3.89. The molecule has 0 radical (unpaired) electrons. The van der Waals surface area contributed by atoms with Crippen LogP contribution in [0.2, 0.25) is 0 Å². The van der Waals surface area contributed by atoms with Crippen molar-refractivity contribution in [3.63, 3.8) is 0 Å². The molecule has 1 atom stereocenters. The van der Waals surface area contributed by atoms with Gasteiger partial charge in [0.05, 0.1) is 6.04 Å². The number of hydrogen-bond acceptors (Lipinski definition) is 2. The van der Waals surface area contributed by atoms with E-state index in [1.54, 1.807) is 12.4 Å². The van der Waals surface area contributed by atoms with E-state index >= 15 is 0 Å². The molecule has 1 aromatic heterocycles. The second-order valence-corrected chi connectivity index (χ2v) is 4.04. The van der Waals surface area contributed by atoms with E-state index in [0.717, 1.165) is 11.4 Å². The van der Waals surface area contributed by atoms with Crippen molar-refractivity contribution in [1.29, 1.82) is 0 Å². The maximum absolute atomic E-state index is 11.9. The zero-order chi connectivity index (χ0) is 12.3. The third-order valence-corrected chi connectivity index (χ3v) is 2.59. The Kier molecular flexibility index (Phi) is 3.23. The quantitative estimate of drug-likeness (QED) is 0.847. The molecule has 0 aliphatic rings. The van der Waals surface area contributed by atoms with E-state index in [2.05, 4.69) is 15.3 Å². The van der Waals surface area contributed by atoms with Gasteiger partial charge in [0.15, 0.2) is 0 Å². The Morgan fingerprint density at radius 3 is 2.65 bits per heavy atom. The Morgan fingerprint density at radius 1 is 1.35 bits per heavy atom. The molecule has 0 saturated carbocycles. The summed E-state index contributed by atoms with van der Waals surface area (Å²) in [4.78, 5) is 19.0. The van der Waals surface area contributed by atoms with Crippen molar-refractivity contribution in [3.05, 3.63) is 53.6 Å². The lowest BCUT2D eigenvalue weighted by molar-refractivity contribution is 0.0938. The van der Waals surface area contributed by atoms with Gasteiger partial charge in [-0.3, -0.25) is 4.79 Å². The number of aromatic amines is 1. The van der Waals surface area contributed by atoms with Crippen molar-refractivity contribution in [2.75, 3.05) is 0 Å². The number of rotatable bonds is 3. The number of benzene rings is 1. The summed E-state index contributed by atoms with van der Waals surface area (Å²) in [6.07, 6.45) is 3.41. The van der Waals surface area contributed by atoms with Crippen molar-refractivity contribution < 1.29 is 4.79 Å². The summed E-state index contributed by atoms with van der Waals surface area (Å²) in [7, 11) is 0. The first kappa shape index (κ1) is 11.4. The fraction of sp³-hybridized carbons (Fsp3) is 0.231. The van der Waals surface area contributed by atoms with Crippen LogP contribution < -0.4 is 5.32 Å². The molecule has 1 aromatic carbocycles. The lowest BCUT2D eigenvalue weighted by Crippen LogP contribution is -2.27. The number of H-pyrrole nitrogens is 1. The predicted molar refractivity (Wildman–Crippen MR) is 65.6 cm³/mol. The maximum Gasteiger partial charge on any atom is 0.251 e. The lowest BCUT2D eigenvalue weighted by atomic mass is 10.1. The van der Waals surface area contributed by atoms with Crippen LogP contribution in [-0.2, 0) is 0 Å². The topological polar surface area (TPSA) is 57.8 Å². The van der Waals surface area contributed by atoms with E-state index in [9.17, 15) is 4.79 Å². The van der Waals surface area contributed by atoms with Gasteiger partial charge in [-0.15, -0.1) is 0 Å². The average molecular weight is 229 g/mol. The minimum absolute atomic E-state index is 0.0890. The average Bonchev–Trinajstić information content (AvgIpc) is 2.83. The molecule has 0 aliphatic heterocycles. The van der Waals surface area contributed by atoms with E-state index in [1.165, 1.54) is 0 Å². The molecular formula is C13H15N3O. The van der Waals surface area contributed by atoms with Crippen LogP contribution in [0.3, 0.4) is 0 Å². The van der Waals surface area contributed by atoms with E-state index in [0.29, 0.717) is 5.56 Å². The third kappa shape index (κ3) is 2.72. The Hall–Kier alpha value is -2.10. The third-order valence-electron chi connectivity index (χ3n) is 2.59. The molecule has 1 unspecified atom stereocenters. The van der Waals surface area contributed by atoms with Crippen LogP contribution >= 0.6 is 0 Å². The molecule has 0 fully saturated rings. The molecule has 0 bridgehead atoms. The number of carbonyl (C=O) groups is 1. The Morgan fingerprint density at radius 2 is 2.06 bits per heavy atom. The molecule has 88 valence electrons. The van der Waals surface area contributed by atoms with Crippen molar-refractivity contribution in [2.45, 2.75) is 19.9 Å². The van der Waals surface area contributed by atoms with Crippen LogP contribution in [0.15, 0.2) is 36.7 Å². The maximum atomic E-state index is 11.9. The van der Waals surface area contributed by atoms with Gasteiger partial charge in [0.25, 0.3) is 5.91 Å². The second kappa shape index (κ2) is 4.82. The van der Waals surface area contributed by atoms with Gasteiger partial charge in [-0.2, -0.15) is 0 Å². The van der Waals surface area contributed by atoms with E-state index in [1.807, 2.05) is 38.1 Å².